The van der Waals surface area contributed by atoms with Crippen LogP contribution in [0.15, 0.2) is 97.6 Å². The van der Waals surface area contributed by atoms with Crippen LogP contribution in [-0.4, -0.2) is 101 Å². The van der Waals surface area contributed by atoms with Crippen LogP contribution in [0.5, 0.6) is 0 Å². The minimum absolute atomic E-state index is 0. The van der Waals surface area contributed by atoms with Crippen LogP contribution in [0, 0.1) is 0 Å². The van der Waals surface area contributed by atoms with Crippen LogP contribution >= 0.6 is 24.8 Å². The number of likely N-dealkylation sites (tertiary alicyclic amines) is 2. The summed E-state index contributed by atoms with van der Waals surface area (Å²) in [4.78, 5) is 47.9. The Morgan fingerprint density at radius 3 is 1.32 bits per heavy atom. The summed E-state index contributed by atoms with van der Waals surface area (Å²) in [7, 11) is 0. The Kier molecular flexibility index (Phi) is 19.9. The van der Waals surface area contributed by atoms with Crippen LogP contribution in [0.3, 0.4) is 0 Å². The summed E-state index contributed by atoms with van der Waals surface area (Å²) in [6.07, 6.45) is -0.224. The standard InChI is InChI=1S/2C29H32F3N5O2.2ClH/c2*1-17(2)37-12-4-7-26(37)28(39)36-25-13-19(29(30,31)32)9-11-21(25)24-15-27(34-16-33-24)35-23-6-3-5-18-8-10-20(38)14-22(18)23;;/h2*3,5-6,9,11,13,15-17,20,26,38H,4,7-8,10,12,14H2,1-2H3,(H,36,39)(H,33,34,35);2*1H/t20-,26+;20-,26-;;/m10../s1. The molecule has 80 heavy (non-hydrogen) atoms. The van der Waals surface area contributed by atoms with E-state index in [1.165, 1.54) is 24.8 Å². The van der Waals surface area contributed by atoms with Crippen LogP contribution < -0.4 is 21.3 Å². The van der Waals surface area contributed by atoms with Gasteiger partial charge in [0.1, 0.15) is 24.3 Å². The number of halogens is 8. The van der Waals surface area contributed by atoms with Crippen molar-refractivity contribution in [2.45, 2.75) is 141 Å². The molecule has 10 rings (SSSR count). The molecule has 4 aromatic carbocycles. The van der Waals surface area contributed by atoms with E-state index >= 15 is 0 Å². The molecule has 2 saturated heterocycles. The van der Waals surface area contributed by atoms with E-state index in [0.29, 0.717) is 72.7 Å². The number of benzene rings is 4. The van der Waals surface area contributed by atoms with Gasteiger partial charge in [-0.05, 0) is 151 Å². The molecule has 2 aromatic heterocycles. The number of fused-ring (bicyclic) bond motifs is 2. The third-order valence-corrected chi connectivity index (χ3v) is 15.1. The van der Waals surface area contributed by atoms with E-state index in [1.807, 2.05) is 64.1 Å². The van der Waals surface area contributed by atoms with Gasteiger partial charge in [0.15, 0.2) is 0 Å². The molecule has 428 valence electrons. The number of aryl methyl sites for hydroxylation is 2. The highest BCUT2D eigenvalue weighted by Crippen LogP contribution is 2.40. The number of rotatable bonds is 12. The van der Waals surface area contributed by atoms with Crippen molar-refractivity contribution in [3.63, 3.8) is 0 Å². The number of carbonyl (C=O) groups is 2. The van der Waals surface area contributed by atoms with Crippen molar-refractivity contribution in [3.05, 3.63) is 131 Å². The fraction of sp³-hybridized carbons (Fsp3) is 0.414. The van der Waals surface area contributed by atoms with Crippen molar-refractivity contribution in [1.29, 1.82) is 0 Å². The van der Waals surface area contributed by atoms with Gasteiger partial charge in [0.25, 0.3) is 0 Å². The lowest BCUT2D eigenvalue weighted by Gasteiger charge is -2.27. The number of anilines is 6. The first kappa shape index (κ1) is 61.2. The largest absolute Gasteiger partial charge is 0.416 e. The zero-order valence-electron chi connectivity index (χ0n) is 44.7. The molecule has 2 fully saturated rings. The quantitative estimate of drug-likeness (QED) is 0.0640. The summed E-state index contributed by atoms with van der Waals surface area (Å²) in [5.41, 5.74) is 5.85. The van der Waals surface area contributed by atoms with Crippen LogP contribution in [0.4, 0.5) is 60.7 Å². The molecule has 6 aromatic rings. The molecule has 0 spiro atoms. The smallest absolute Gasteiger partial charge is 0.393 e. The maximum Gasteiger partial charge on any atom is 0.416 e. The van der Waals surface area contributed by atoms with Gasteiger partial charge in [-0.25, -0.2) is 19.9 Å². The molecular formula is C58H66Cl2F6N10O4. The molecule has 4 atom stereocenters. The number of hydrogen-bond donors (Lipinski definition) is 6. The molecule has 4 aliphatic rings. The monoisotopic (exact) mass is 1150 g/mol. The average Bonchev–Trinajstić information content (AvgIpc) is 4.12. The highest BCUT2D eigenvalue weighted by molar-refractivity contribution is 5.99. The maximum atomic E-state index is 13.6. The fourth-order valence-corrected chi connectivity index (χ4v) is 11.1. The van der Waals surface area contributed by atoms with Crippen LogP contribution in [-0.2, 0) is 47.6 Å². The predicted octanol–water partition coefficient (Wildman–Crippen LogP) is 12.0. The number of aliphatic hydroxyl groups is 2. The molecule has 2 amide bonds. The first-order valence-corrected chi connectivity index (χ1v) is 26.5. The molecule has 0 saturated carbocycles. The average molecular weight is 1150 g/mol. The minimum Gasteiger partial charge on any atom is -0.393 e. The molecule has 4 heterocycles. The van der Waals surface area contributed by atoms with Gasteiger partial charge in [-0.3, -0.25) is 19.4 Å². The molecule has 2 aliphatic carbocycles. The third-order valence-electron chi connectivity index (χ3n) is 15.1. The Bertz CT molecular complexity index is 2940. The summed E-state index contributed by atoms with van der Waals surface area (Å²) in [6.45, 7) is 9.55. The summed E-state index contributed by atoms with van der Waals surface area (Å²) < 4.78 is 81.6. The van der Waals surface area contributed by atoms with E-state index in [1.54, 1.807) is 12.1 Å². The van der Waals surface area contributed by atoms with Crippen molar-refractivity contribution in [1.82, 2.24) is 29.7 Å². The number of nitrogens with zero attached hydrogens (tertiary/aromatic N) is 6. The molecule has 2 aliphatic heterocycles. The topological polar surface area (TPSA) is 181 Å². The second-order valence-corrected chi connectivity index (χ2v) is 21.0. The fourth-order valence-electron chi connectivity index (χ4n) is 11.1. The van der Waals surface area contributed by atoms with Crippen LogP contribution in [0.25, 0.3) is 22.5 Å². The van der Waals surface area contributed by atoms with Gasteiger partial charge in [-0.1, -0.05) is 36.4 Å². The van der Waals surface area contributed by atoms with Gasteiger partial charge in [0.2, 0.25) is 11.8 Å². The number of nitrogens with one attached hydrogen (secondary N) is 4. The Hall–Kier alpha value is -6.42. The minimum atomic E-state index is -4.56. The van der Waals surface area contributed by atoms with Crippen molar-refractivity contribution in [2.24, 2.45) is 0 Å². The lowest BCUT2D eigenvalue weighted by atomic mass is 9.88. The van der Waals surface area contributed by atoms with Gasteiger partial charge in [-0.15, -0.1) is 24.8 Å². The van der Waals surface area contributed by atoms with E-state index in [4.69, 9.17) is 0 Å². The molecule has 0 bridgehead atoms. The van der Waals surface area contributed by atoms with E-state index in [9.17, 15) is 46.1 Å². The van der Waals surface area contributed by atoms with Gasteiger partial charge in [0.05, 0.1) is 58.2 Å². The third kappa shape index (κ3) is 14.4. The molecule has 6 N–H and O–H groups in total. The van der Waals surface area contributed by atoms with Crippen molar-refractivity contribution in [3.8, 4) is 22.5 Å². The number of amides is 2. The molecule has 14 nitrogen and oxygen atoms in total. The van der Waals surface area contributed by atoms with E-state index in [2.05, 4.69) is 51.0 Å². The number of aromatic nitrogens is 4. The molecular weight excluding hydrogens is 1090 g/mol. The SMILES string of the molecule is CC(C)N1CCC[C@H]1C(=O)Nc1cc(C(F)(F)F)ccc1-c1cc(Nc2cccc3c2C[C@@H](O)CC3)ncn1.CC(C)N1CCC[C@H]1C(=O)Nc1cc(C(F)(F)F)ccc1-c1cc(Nc2cccc3c2C[C@H](O)CC3)ncn1.Cl.Cl. The highest BCUT2D eigenvalue weighted by atomic mass is 35.5. The zero-order valence-corrected chi connectivity index (χ0v) is 46.3. The molecule has 22 heteroatoms. The Morgan fingerprint density at radius 1 is 0.550 bits per heavy atom. The van der Waals surface area contributed by atoms with Crippen molar-refractivity contribution >= 4 is 71.0 Å². The van der Waals surface area contributed by atoms with E-state index in [-0.39, 0.29) is 60.1 Å². The summed E-state index contributed by atoms with van der Waals surface area (Å²) in [6, 6.07) is 21.1. The lowest BCUT2D eigenvalue weighted by Crippen LogP contribution is -2.43. The van der Waals surface area contributed by atoms with Crippen molar-refractivity contribution < 1.29 is 46.1 Å². The lowest BCUT2D eigenvalue weighted by molar-refractivity contribution is -0.138. The zero-order chi connectivity index (χ0) is 55.5. The Balaban J connectivity index is 0.000000225. The van der Waals surface area contributed by atoms with E-state index < -0.39 is 47.8 Å². The summed E-state index contributed by atoms with van der Waals surface area (Å²) in [5, 5.41) is 32.5. The normalized spacial score (nSPS) is 19.2. The predicted molar refractivity (Wildman–Crippen MR) is 302 cm³/mol. The van der Waals surface area contributed by atoms with Gasteiger partial charge >= 0.3 is 12.4 Å². The second kappa shape index (κ2) is 26.0. The number of aliphatic hydroxyl groups excluding tert-OH is 2. The summed E-state index contributed by atoms with van der Waals surface area (Å²) in [5.74, 6) is 0.243. The van der Waals surface area contributed by atoms with Gasteiger partial charge < -0.3 is 31.5 Å². The Morgan fingerprint density at radius 2 is 0.950 bits per heavy atom. The molecule has 0 unspecified atom stereocenters. The number of hydrogen-bond acceptors (Lipinski definition) is 12. The molecule has 0 radical (unpaired) electrons. The Labute approximate surface area is 473 Å². The first-order chi connectivity index (χ1) is 37.2. The van der Waals surface area contributed by atoms with E-state index in [0.717, 1.165) is 96.7 Å². The van der Waals surface area contributed by atoms with Crippen LogP contribution in [0.1, 0.15) is 99.6 Å². The number of carbonyl (C=O) groups excluding carboxylic acids is 2. The van der Waals surface area contributed by atoms with Gasteiger partial charge in [-0.2, -0.15) is 26.3 Å². The first-order valence-electron chi connectivity index (χ1n) is 26.5. The summed E-state index contributed by atoms with van der Waals surface area (Å²) >= 11 is 0. The second-order valence-electron chi connectivity index (χ2n) is 21.0. The van der Waals surface area contributed by atoms with Crippen LogP contribution in [0.2, 0.25) is 0 Å². The maximum absolute atomic E-state index is 13.6. The van der Waals surface area contributed by atoms with Crippen molar-refractivity contribution in [2.75, 3.05) is 34.4 Å². The number of alkyl halides is 6. The van der Waals surface area contributed by atoms with Gasteiger partial charge in [0, 0.05) is 59.6 Å². The highest BCUT2D eigenvalue weighted by Gasteiger charge is 2.37.